The number of benzene rings is 2. The molecule has 0 atom stereocenters. The zero-order chi connectivity index (χ0) is 57.7. The third-order valence-electron chi connectivity index (χ3n) is 16.2. The molecule has 0 amide bonds. The molecule has 0 bridgehead atoms. The lowest BCUT2D eigenvalue weighted by Crippen LogP contribution is -2.41. The fraction of sp³-hybridized carbons (Fsp3) is 0.800. The Hall–Kier alpha value is -2.78. The van der Waals surface area contributed by atoms with Crippen molar-refractivity contribution in [2.75, 3.05) is 135 Å². The van der Waals surface area contributed by atoms with Gasteiger partial charge in [0, 0.05) is 12.1 Å². The molecule has 0 saturated heterocycles. The number of ether oxygens (including phenoxy) is 4. The second kappa shape index (κ2) is 40.4. The average molecular weight is 1090 g/mol. The van der Waals surface area contributed by atoms with Crippen molar-refractivity contribution in [3.05, 3.63) is 47.5 Å². The SMILES string of the molecule is CC(C)CCC[N+](C)(C)CCCCCCOc1cc(/C=C/c2cc(OCCCCCC[N+](C)(C)CCCC(C)C)cc(OCCCCCC[N+](C)(C)CCCC(C)C)c2)cc(OCCCCCC[N+](C)(C)CCCC(C)C)c1. The molecule has 0 saturated carbocycles. The van der Waals surface area contributed by atoms with Crippen molar-refractivity contribution < 1.29 is 36.9 Å². The van der Waals surface area contributed by atoms with E-state index in [1.54, 1.807) is 0 Å². The van der Waals surface area contributed by atoms with Crippen LogP contribution in [0.3, 0.4) is 0 Å². The van der Waals surface area contributed by atoms with Crippen LogP contribution in [-0.2, 0) is 0 Å². The Morgan fingerprint density at radius 3 is 0.667 bits per heavy atom. The predicted octanol–water partition coefficient (Wildman–Crippen LogP) is 17.7. The minimum Gasteiger partial charge on any atom is -0.493 e. The molecule has 8 nitrogen and oxygen atoms in total. The van der Waals surface area contributed by atoms with Crippen molar-refractivity contribution in [1.82, 2.24) is 0 Å². The van der Waals surface area contributed by atoms with Crippen LogP contribution in [0.15, 0.2) is 36.4 Å². The van der Waals surface area contributed by atoms with E-state index in [9.17, 15) is 0 Å². The van der Waals surface area contributed by atoms with Gasteiger partial charge in [-0.2, -0.15) is 0 Å². The minimum absolute atomic E-state index is 0.719. The number of quaternary nitrogens is 4. The van der Waals surface area contributed by atoms with Gasteiger partial charge in [0.15, 0.2) is 0 Å². The van der Waals surface area contributed by atoms with Crippen molar-refractivity contribution in [3.8, 4) is 23.0 Å². The van der Waals surface area contributed by atoms with E-state index >= 15 is 0 Å². The molecular formula is C70H132N4O4+4. The molecule has 0 aromatic heterocycles. The van der Waals surface area contributed by atoms with Gasteiger partial charge >= 0.3 is 0 Å². The Balaban J connectivity index is 2.15. The third-order valence-corrected chi connectivity index (χ3v) is 16.2. The molecular weight excluding hydrogens is 961 g/mol. The maximum Gasteiger partial charge on any atom is 0.123 e. The van der Waals surface area contributed by atoms with Crippen LogP contribution >= 0.6 is 0 Å². The van der Waals surface area contributed by atoms with Crippen LogP contribution in [0.5, 0.6) is 23.0 Å². The molecule has 0 aliphatic carbocycles. The molecule has 2 aromatic rings. The van der Waals surface area contributed by atoms with Gasteiger partial charge in [-0.05, 0) is 213 Å². The van der Waals surface area contributed by atoms with Gasteiger partial charge in [0.1, 0.15) is 23.0 Å². The zero-order valence-corrected chi connectivity index (χ0v) is 54.8. The summed E-state index contributed by atoms with van der Waals surface area (Å²) in [6, 6.07) is 12.9. The molecule has 0 N–H and O–H groups in total. The monoisotopic (exact) mass is 1090 g/mol. The van der Waals surface area contributed by atoms with Crippen LogP contribution < -0.4 is 18.9 Å². The molecule has 0 fully saturated rings. The van der Waals surface area contributed by atoms with Crippen LogP contribution in [0, 0.1) is 23.7 Å². The van der Waals surface area contributed by atoms with Gasteiger partial charge in [-0.1, -0.05) is 67.5 Å². The topological polar surface area (TPSA) is 36.9 Å². The van der Waals surface area contributed by atoms with E-state index in [1.165, 1.54) is 181 Å². The van der Waals surface area contributed by atoms with E-state index in [2.05, 4.69) is 160 Å². The number of hydrogen-bond acceptors (Lipinski definition) is 4. The molecule has 2 rings (SSSR count). The van der Waals surface area contributed by atoms with Gasteiger partial charge < -0.3 is 36.9 Å². The summed E-state index contributed by atoms with van der Waals surface area (Å²) < 4.78 is 30.5. The van der Waals surface area contributed by atoms with Crippen LogP contribution in [0.25, 0.3) is 12.2 Å². The van der Waals surface area contributed by atoms with Gasteiger partial charge in [0.2, 0.25) is 0 Å². The normalized spacial score (nSPS) is 12.8. The van der Waals surface area contributed by atoms with Crippen LogP contribution in [0.4, 0.5) is 0 Å². The summed E-state index contributed by atoms with van der Waals surface area (Å²) in [5.41, 5.74) is 2.16. The van der Waals surface area contributed by atoms with E-state index < -0.39 is 0 Å². The molecule has 452 valence electrons. The lowest BCUT2D eigenvalue weighted by atomic mass is 10.1. The van der Waals surface area contributed by atoms with Crippen molar-refractivity contribution in [1.29, 1.82) is 0 Å². The summed E-state index contributed by atoms with van der Waals surface area (Å²) in [5, 5.41) is 0. The fourth-order valence-corrected chi connectivity index (χ4v) is 10.8. The number of unbranched alkanes of at least 4 members (excludes halogenated alkanes) is 12. The largest absolute Gasteiger partial charge is 0.493 e. The first-order valence-corrected chi connectivity index (χ1v) is 32.7. The van der Waals surface area contributed by atoms with Gasteiger partial charge in [-0.15, -0.1) is 0 Å². The Morgan fingerprint density at radius 2 is 0.462 bits per heavy atom. The van der Waals surface area contributed by atoms with Crippen LogP contribution in [0.1, 0.15) is 221 Å². The Kier molecular flexibility index (Phi) is 37.0. The fourth-order valence-electron chi connectivity index (χ4n) is 10.8. The van der Waals surface area contributed by atoms with E-state index in [-0.39, 0.29) is 0 Å². The summed E-state index contributed by atoms with van der Waals surface area (Å²) in [6.07, 6.45) is 34.1. The van der Waals surface area contributed by atoms with Crippen molar-refractivity contribution in [2.24, 2.45) is 23.7 Å². The lowest BCUT2D eigenvalue weighted by molar-refractivity contribution is -0.890. The molecule has 0 spiro atoms. The van der Waals surface area contributed by atoms with Crippen molar-refractivity contribution in [3.63, 3.8) is 0 Å². The van der Waals surface area contributed by atoms with E-state index in [4.69, 9.17) is 18.9 Å². The maximum absolute atomic E-state index is 6.51. The highest BCUT2D eigenvalue weighted by atomic mass is 16.5. The summed E-state index contributed by atoms with van der Waals surface area (Å²) in [4.78, 5) is 0. The molecule has 0 unspecified atom stereocenters. The highest BCUT2D eigenvalue weighted by Gasteiger charge is 2.18. The molecule has 0 aliphatic heterocycles. The first kappa shape index (κ1) is 71.3. The molecule has 78 heavy (non-hydrogen) atoms. The maximum atomic E-state index is 6.51. The van der Waals surface area contributed by atoms with Gasteiger partial charge in [0.25, 0.3) is 0 Å². The first-order valence-electron chi connectivity index (χ1n) is 32.7. The second-order valence-electron chi connectivity index (χ2n) is 28.5. The van der Waals surface area contributed by atoms with Crippen molar-refractivity contribution >= 4 is 12.2 Å². The molecule has 0 radical (unpaired) electrons. The highest BCUT2D eigenvalue weighted by molar-refractivity contribution is 5.72. The summed E-state index contributed by atoms with van der Waals surface area (Å²) >= 11 is 0. The second-order valence-corrected chi connectivity index (χ2v) is 28.5. The standard InChI is InChI=1S/C70H132N4O4/c1-61(2)37-33-47-71(9,10)43-25-17-21-29-51-75-67-55-65(56-68(59-67)76-52-30-22-18-26-44-72(11,12)48-34-38-62(3)4)41-42-66-57-69(77-53-31-23-19-27-45-73(13,14)49-35-39-63(5)6)60-70(58-66)78-54-32-24-20-28-46-74(15,16)50-36-40-64(7)8/h41-42,55-64H,17-40,43-54H2,1-16H3/q+4/b42-41+. The molecule has 0 heterocycles. The van der Waals surface area contributed by atoms with Gasteiger partial charge in [-0.3, -0.25) is 0 Å². The van der Waals surface area contributed by atoms with E-state index in [0.717, 1.165) is 128 Å². The van der Waals surface area contributed by atoms with Crippen molar-refractivity contribution in [2.45, 2.75) is 209 Å². The Bertz CT molecular complexity index is 1570. The highest BCUT2D eigenvalue weighted by Crippen LogP contribution is 2.29. The molecule has 2 aromatic carbocycles. The van der Waals surface area contributed by atoms with Gasteiger partial charge in [0.05, 0.1) is 135 Å². The Morgan fingerprint density at radius 1 is 0.269 bits per heavy atom. The third kappa shape index (κ3) is 39.6. The molecule has 0 aliphatic rings. The summed E-state index contributed by atoms with van der Waals surface area (Å²) in [6.45, 7) is 31.7. The van der Waals surface area contributed by atoms with E-state index in [1.807, 2.05) is 0 Å². The minimum atomic E-state index is 0.719. The van der Waals surface area contributed by atoms with Crippen LogP contribution in [-0.4, -0.2) is 153 Å². The smallest absolute Gasteiger partial charge is 0.123 e. The van der Waals surface area contributed by atoms with E-state index in [0.29, 0.717) is 0 Å². The lowest BCUT2D eigenvalue weighted by Gasteiger charge is -2.30. The number of nitrogens with zero attached hydrogens (tertiary/aromatic N) is 4. The van der Waals surface area contributed by atoms with Gasteiger partial charge in [-0.25, -0.2) is 0 Å². The quantitative estimate of drug-likeness (QED) is 0.0376. The number of rotatable bonds is 50. The average Bonchev–Trinajstić information content (AvgIpc) is 3.34. The summed E-state index contributed by atoms with van der Waals surface area (Å²) in [7, 11) is 19.2. The number of hydrogen-bond donors (Lipinski definition) is 0. The molecule has 8 heteroatoms. The Labute approximate surface area is 485 Å². The summed E-state index contributed by atoms with van der Waals surface area (Å²) in [5.74, 6) is 6.70. The first-order chi connectivity index (χ1) is 36.9. The van der Waals surface area contributed by atoms with Crippen LogP contribution in [0.2, 0.25) is 0 Å². The predicted molar refractivity (Wildman–Crippen MR) is 341 cm³/mol. The zero-order valence-electron chi connectivity index (χ0n) is 54.8.